The number of rotatable bonds is 44. The largest absolute Gasteiger partial charge is 0.462 e. The van der Waals surface area contributed by atoms with E-state index in [1.54, 1.807) is 0 Å². The van der Waals surface area contributed by atoms with Crippen LogP contribution in [0.3, 0.4) is 0 Å². The molecule has 0 aliphatic heterocycles. The van der Waals surface area contributed by atoms with Crippen LogP contribution >= 0.6 is 0 Å². The molecule has 0 saturated heterocycles. The average molecular weight is 861 g/mol. The number of hydrogen-bond acceptors (Lipinski definition) is 6. The highest BCUT2D eigenvalue weighted by Crippen LogP contribution is 2.13. The van der Waals surface area contributed by atoms with Gasteiger partial charge in [-0.3, -0.25) is 14.4 Å². The molecule has 0 aliphatic rings. The van der Waals surface area contributed by atoms with Crippen LogP contribution in [0.2, 0.25) is 0 Å². The van der Waals surface area contributed by atoms with E-state index in [2.05, 4.69) is 118 Å². The van der Waals surface area contributed by atoms with Crippen molar-refractivity contribution < 1.29 is 28.6 Å². The summed E-state index contributed by atoms with van der Waals surface area (Å²) in [6.45, 7) is 6.37. The third kappa shape index (κ3) is 47.4. The third-order valence-electron chi connectivity index (χ3n) is 10.3. The highest BCUT2D eigenvalue weighted by molar-refractivity contribution is 5.71. The Hall–Kier alpha value is -3.67. The first-order chi connectivity index (χ1) is 30.5. The molecule has 6 heteroatoms. The molecule has 0 bridgehead atoms. The van der Waals surface area contributed by atoms with Gasteiger partial charge in [-0.2, -0.15) is 0 Å². The molecule has 0 saturated carbocycles. The van der Waals surface area contributed by atoms with Gasteiger partial charge in [0.05, 0.1) is 0 Å². The molecular weight excluding hydrogens is 769 g/mol. The molecular formula is C56H92O6. The normalized spacial score (nSPS) is 12.9. The summed E-state index contributed by atoms with van der Waals surface area (Å²) in [5, 5.41) is 0. The van der Waals surface area contributed by atoms with Crippen LogP contribution in [-0.2, 0) is 28.6 Å². The molecule has 0 aromatic rings. The van der Waals surface area contributed by atoms with Gasteiger partial charge in [0, 0.05) is 19.3 Å². The summed E-state index contributed by atoms with van der Waals surface area (Å²) in [5.74, 6) is -0.938. The Morgan fingerprint density at radius 2 is 0.629 bits per heavy atom. The van der Waals surface area contributed by atoms with E-state index in [0.29, 0.717) is 19.3 Å². The van der Waals surface area contributed by atoms with Gasteiger partial charge in [-0.15, -0.1) is 0 Å². The number of esters is 3. The smallest absolute Gasteiger partial charge is 0.306 e. The monoisotopic (exact) mass is 861 g/mol. The molecule has 0 N–H and O–H groups in total. The third-order valence-corrected chi connectivity index (χ3v) is 10.3. The van der Waals surface area contributed by atoms with Crippen molar-refractivity contribution in [3.8, 4) is 0 Å². The summed E-state index contributed by atoms with van der Waals surface area (Å²) in [7, 11) is 0. The summed E-state index contributed by atoms with van der Waals surface area (Å²) in [5.41, 5.74) is 0. The van der Waals surface area contributed by atoms with E-state index >= 15 is 0 Å². The Kier molecular flexibility index (Phi) is 47.0. The van der Waals surface area contributed by atoms with E-state index in [-0.39, 0.29) is 31.1 Å². The zero-order chi connectivity index (χ0) is 45.1. The Morgan fingerprint density at radius 3 is 1.03 bits per heavy atom. The van der Waals surface area contributed by atoms with Gasteiger partial charge in [-0.05, 0) is 103 Å². The molecule has 352 valence electrons. The van der Waals surface area contributed by atoms with Gasteiger partial charge in [0.2, 0.25) is 0 Å². The van der Waals surface area contributed by atoms with Gasteiger partial charge >= 0.3 is 17.9 Å². The van der Waals surface area contributed by atoms with Crippen molar-refractivity contribution in [3.05, 3.63) is 97.2 Å². The van der Waals surface area contributed by atoms with Crippen LogP contribution in [0.25, 0.3) is 0 Å². The highest BCUT2D eigenvalue weighted by Gasteiger charge is 2.19. The summed E-state index contributed by atoms with van der Waals surface area (Å²) >= 11 is 0. The van der Waals surface area contributed by atoms with Crippen molar-refractivity contribution in [2.75, 3.05) is 13.2 Å². The standard InChI is InChI=1S/C56H92O6/c1-4-7-10-13-15-17-19-21-22-23-24-25-26-27-28-29-30-31-32-33-34-35-37-38-40-43-46-49-55(58)61-52-53(51-60-54(57)48-45-42-12-9-6-3)62-56(59)50-47-44-41-39-36-20-18-16-14-11-8-5-2/h7,10,15-18,21-22,24-25,27-28,30-31,33-34,53H,4-6,8-9,11-14,19-20,23,26,29,32,35-52H2,1-3H3/b10-7-,17-15-,18-16-,22-21-,25-24-,28-27-,31-30-,34-33-. The van der Waals surface area contributed by atoms with Gasteiger partial charge in [0.1, 0.15) is 13.2 Å². The quantitative estimate of drug-likeness (QED) is 0.0263. The lowest BCUT2D eigenvalue weighted by Crippen LogP contribution is -2.30. The van der Waals surface area contributed by atoms with Crippen LogP contribution in [0.1, 0.15) is 220 Å². The second-order valence-electron chi connectivity index (χ2n) is 16.3. The molecule has 0 aromatic heterocycles. The van der Waals surface area contributed by atoms with Crippen molar-refractivity contribution >= 4 is 17.9 Å². The maximum absolute atomic E-state index is 12.7. The molecule has 0 fully saturated rings. The Balaban J connectivity index is 4.17. The fraction of sp³-hybridized carbons (Fsp3) is 0.661. The maximum Gasteiger partial charge on any atom is 0.306 e. The average Bonchev–Trinajstić information content (AvgIpc) is 3.27. The summed E-state index contributed by atoms with van der Waals surface area (Å²) in [4.78, 5) is 37.6. The minimum Gasteiger partial charge on any atom is -0.462 e. The van der Waals surface area contributed by atoms with Crippen LogP contribution in [0, 0.1) is 0 Å². The van der Waals surface area contributed by atoms with Crippen molar-refractivity contribution in [3.63, 3.8) is 0 Å². The van der Waals surface area contributed by atoms with E-state index in [1.165, 1.54) is 38.5 Å². The van der Waals surface area contributed by atoms with Crippen LogP contribution in [-0.4, -0.2) is 37.2 Å². The van der Waals surface area contributed by atoms with Gasteiger partial charge in [0.15, 0.2) is 6.10 Å². The van der Waals surface area contributed by atoms with E-state index in [9.17, 15) is 14.4 Å². The SMILES string of the molecule is CC/C=C\C/C=C\C/C=C\C/C=C\C/C=C\C/C=C\C/C=C\CCCCCCCC(=O)OCC(COC(=O)CCCCCCC)OC(=O)CCCCCCC/C=C\CCCCC. The first kappa shape index (κ1) is 58.3. The Morgan fingerprint density at radius 1 is 0.339 bits per heavy atom. The maximum atomic E-state index is 12.7. The van der Waals surface area contributed by atoms with E-state index in [1.807, 2.05) is 0 Å². The van der Waals surface area contributed by atoms with Crippen molar-refractivity contribution in [2.24, 2.45) is 0 Å². The number of allylic oxidation sites excluding steroid dienone is 16. The first-order valence-electron chi connectivity index (χ1n) is 25.2. The van der Waals surface area contributed by atoms with E-state index in [4.69, 9.17) is 14.2 Å². The van der Waals surface area contributed by atoms with Crippen LogP contribution in [0.5, 0.6) is 0 Å². The van der Waals surface area contributed by atoms with Gasteiger partial charge in [-0.1, -0.05) is 195 Å². The lowest BCUT2D eigenvalue weighted by Gasteiger charge is -2.18. The zero-order valence-corrected chi connectivity index (χ0v) is 40.1. The number of carbonyl (C=O) groups excluding carboxylic acids is 3. The molecule has 0 radical (unpaired) electrons. The molecule has 0 heterocycles. The van der Waals surface area contributed by atoms with Crippen molar-refractivity contribution in [1.82, 2.24) is 0 Å². The van der Waals surface area contributed by atoms with E-state index < -0.39 is 6.10 Å². The van der Waals surface area contributed by atoms with Gasteiger partial charge in [0.25, 0.3) is 0 Å². The number of carbonyl (C=O) groups is 3. The molecule has 0 spiro atoms. The van der Waals surface area contributed by atoms with Crippen molar-refractivity contribution in [2.45, 2.75) is 226 Å². The van der Waals surface area contributed by atoms with Crippen LogP contribution in [0.4, 0.5) is 0 Å². The Bertz CT molecular complexity index is 1260. The molecule has 62 heavy (non-hydrogen) atoms. The lowest BCUT2D eigenvalue weighted by molar-refractivity contribution is -0.167. The molecule has 0 aliphatic carbocycles. The molecule has 0 aromatic carbocycles. The van der Waals surface area contributed by atoms with E-state index in [0.717, 1.165) is 141 Å². The van der Waals surface area contributed by atoms with Crippen LogP contribution in [0.15, 0.2) is 97.2 Å². The van der Waals surface area contributed by atoms with Gasteiger partial charge in [-0.25, -0.2) is 0 Å². The highest BCUT2D eigenvalue weighted by atomic mass is 16.6. The minimum atomic E-state index is -0.785. The minimum absolute atomic E-state index is 0.0887. The number of ether oxygens (including phenoxy) is 3. The fourth-order valence-electron chi connectivity index (χ4n) is 6.53. The Labute approximate surface area is 381 Å². The fourth-order valence-corrected chi connectivity index (χ4v) is 6.53. The molecule has 1 atom stereocenters. The number of unbranched alkanes of at least 4 members (excludes halogenated alkanes) is 17. The predicted molar refractivity (Wildman–Crippen MR) is 265 cm³/mol. The molecule has 0 rings (SSSR count). The summed E-state index contributed by atoms with van der Waals surface area (Å²) in [6, 6.07) is 0. The first-order valence-corrected chi connectivity index (χ1v) is 25.2. The summed E-state index contributed by atoms with van der Waals surface area (Å²) < 4.78 is 16.6. The van der Waals surface area contributed by atoms with Gasteiger partial charge < -0.3 is 14.2 Å². The second kappa shape index (κ2) is 50.0. The number of hydrogen-bond donors (Lipinski definition) is 0. The molecule has 6 nitrogen and oxygen atoms in total. The second-order valence-corrected chi connectivity index (χ2v) is 16.3. The molecule has 1 unspecified atom stereocenters. The van der Waals surface area contributed by atoms with Crippen LogP contribution < -0.4 is 0 Å². The zero-order valence-electron chi connectivity index (χ0n) is 40.1. The summed E-state index contributed by atoms with van der Waals surface area (Å²) in [6.07, 6.45) is 65.7. The molecule has 0 amide bonds. The lowest BCUT2D eigenvalue weighted by atomic mass is 10.1. The topological polar surface area (TPSA) is 78.9 Å². The van der Waals surface area contributed by atoms with Crippen molar-refractivity contribution in [1.29, 1.82) is 0 Å². The predicted octanol–water partition coefficient (Wildman–Crippen LogP) is 16.6.